The van der Waals surface area contributed by atoms with E-state index in [2.05, 4.69) is 9.98 Å². The molecule has 0 bridgehead atoms. The lowest BCUT2D eigenvalue weighted by molar-refractivity contribution is 0.171. The van der Waals surface area contributed by atoms with Crippen LogP contribution in [0.1, 0.15) is 25.2 Å². The Labute approximate surface area is 142 Å². The van der Waals surface area contributed by atoms with Crippen molar-refractivity contribution in [2.24, 2.45) is 16.6 Å². The first-order chi connectivity index (χ1) is 11.3. The maximum Gasteiger partial charge on any atom is 0.180 e. The van der Waals surface area contributed by atoms with Gasteiger partial charge in [-0.1, -0.05) is 18.7 Å². The van der Waals surface area contributed by atoms with Crippen LogP contribution in [-0.4, -0.2) is 16.8 Å². The minimum absolute atomic E-state index is 0.0893. The Morgan fingerprint density at radius 2 is 2.12 bits per heavy atom. The maximum atomic E-state index is 14.5. The second-order valence-electron chi connectivity index (χ2n) is 6.04. The van der Waals surface area contributed by atoms with E-state index in [-0.39, 0.29) is 10.7 Å². The molecule has 3 atom stereocenters. The number of aliphatic imine (C=N–C) groups is 1. The van der Waals surface area contributed by atoms with Gasteiger partial charge in [-0.3, -0.25) is 0 Å². The molecule has 1 aromatic carbocycles. The molecule has 5 nitrogen and oxygen atoms in total. The van der Waals surface area contributed by atoms with Crippen molar-refractivity contribution in [3.63, 3.8) is 0 Å². The molecule has 1 aliphatic heterocycles. The third-order valence-corrected chi connectivity index (χ3v) is 6.03. The van der Waals surface area contributed by atoms with Crippen molar-refractivity contribution in [1.29, 1.82) is 0 Å². The van der Waals surface area contributed by atoms with Gasteiger partial charge in [0.1, 0.15) is 23.8 Å². The number of hydrogen-bond acceptors (Lipinski definition) is 6. The van der Waals surface area contributed by atoms with Gasteiger partial charge < -0.3 is 15.9 Å². The van der Waals surface area contributed by atoms with Crippen LogP contribution in [0.3, 0.4) is 0 Å². The lowest BCUT2D eigenvalue weighted by atomic mass is 9.72. The summed E-state index contributed by atoms with van der Waals surface area (Å²) in [7, 11) is 0. The highest BCUT2D eigenvalue weighted by molar-refractivity contribution is 8.14. The van der Waals surface area contributed by atoms with Gasteiger partial charge >= 0.3 is 0 Å². The molecule has 0 spiro atoms. The first-order valence-corrected chi connectivity index (χ1v) is 8.20. The maximum absolute atomic E-state index is 14.5. The van der Waals surface area contributed by atoms with Crippen LogP contribution >= 0.6 is 11.8 Å². The molecule has 128 valence electrons. The van der Waals surface area contributed by atoms with E-state index in [1.807, 2.05) is 6.92 Å². The number of rotatable bonds is 3. The first kappa shape index (κ1) is 16.8. The van der Waals surface area contributed by atoms with Crippen LogP contribution in [0.4, 0.5) is 14.5 Å². The summed E-state index contributed by atoms with van der Waals surface area (Å²) in [5.41, 5.74) is 10.7. The Bertz CT molecular complexity index is 782. The summed E-state index contributed by atoms with van der Waals surface area (Å²) >= 11 is 1.25. The number of thioether (sulfide) groups is 1. The van der Waals surface area contributed by atoms with E-state index in [0.717, 1.165) is 0 Å². The van der Waals surface area contributed by atoms with Crippen molar-refractivity contribution in [3.8, 4) is 0 Å². The molecule has 0 aliphatic carbocycles. The number of nitrogens with two attached hydrogens (primary N) is 2. The minimum Gasteiger partial charge on any atom is -0.447 e. The van der Waals surface area contributed by atoms with Crippen molar-refractivity contribution in [1.82, 2.24) is 4.98 Å². The van der Waals surface area contributed by atoms with E-state index in [9.17, 15) is 8.78 Å². The largest absolute Gasteiger partial charge is 0.447 e. The lowest BCUT2D eigenvalue weighted by Gasteiger charge is -2.46. The molecular formula is C16H18F2N4OS. The van der Waals surface area contributed by atoms with Crippen molar-refractivity contribution >= 4 is 22.6 Å². The van der Waals surface area contributed by atoms with E-state index in [4.69, 9.17) is 15.9 Å². The zero-order chi connectivity index (χ0) is 17.5. The first-order valence-electron chi connectivity index (χ1n) is 7.38. The standard InChI is InChI=1S/C16H18F2N4OS/c1-9-15(2,13-6-21-8-23-13)24-14(20)22-16(9,7-17)11-5-10(19)3-4-12(11)18/h3-6,8-9H,7,19H2,1-2H3,(H2,20,22)/t9-,15+,16+/m1/s1. The summed E-state index contributed by atoms with van der Waals surface area (Å²) < 4.78 is 33.5. The molecule has 24 heavy (non-hydrogen) atoms. The smallest absolute Gasteiger partial charge is 0.180 e. The number of anilines is 1. The number of oxazole rings is 1. The normalized spacial score (nSPS) is 30.2. The fraction of sp³-hybridized carbons (Fsp3) is 0.375. The molecule has 0 unspecified atom stereocenters. The van der Waals surface area contributed by atoms with Crippen molar-refractivity contribution < 1.29 is 13.2 Å². The minimum atomic E-state index is -1.49. The van der Waals surface area contributed by atoms with Crippen LogP contribution in [0.25, 0.3) is 0 Å². The van der Waals surface area contributed by atoms with E-state index in [1.165, 1.54) is 36.4 Å². The number of nitrogen functional groups attached to an aromatic ring is 1. The third kappa shape index (κ3) is 2.36. The summed E-state index contributed by atoms with van der Waals surface area (Å²) in [4.78, 5) is 8.25. The number of aromatic nitrogens is 1. The number of alkyl halides is 1. The van der Waals surface area contributed by atoms with Gasteiger partial charge in [0.15, 0.2) is 11.6 Å². The predicted molar refractivity (Wildman–Crippen MR) is 90.7 cm³/mol. The Balaban J connectivity index is 2.23. The van der Waals surface area contributed by atoms with Crippen molar-refractivity contribution in [2.75, 3.05) is 12.4 Å². The lowest BCUT2D eigenvalue weighted by Crippen LogP contribution is -2.49. The fourth-order valence-corrected chi connectivity index (χ4v) is 4.40. The molecule has 3 rings (SSSR count). The van der Waals surface area contributed by atoms with Gasteiger partial charge in [-0.2, -0.15) is 0 Å². The average molecular weight is 352 g/mol. The molecule has 0 saturated carbocycles. The molecule has 1 aliphatic rings. The van der Waals surface area contributed by atoms with Gasteiger partial charge in [0.2, 0.25) is 0 Å². The number of halogens is 2. The topological polar surface area (TPSA) is 90.4 Å². The van der Waals surface area contributed by atoms with Crippen molar-refractivity contribution in [2.45, 2.75) is 24.1 Å². The number of benzene rings is 1. The summed E-state index contributed by atoms with van der Waals surface area (Å²) in [5, 5.41) is 0.159. The fourth-order valence-electron chi connectivity index (χ4n) is 3.19. The zero-order valence-electron chi connectivity index (χ0n) is 13.3. The third-order valence-electron chi connectivity index (χ3n) is 4.75. The van der Waals surface area contributed by atoms with Crippen LogP contribution in [-0.2, 0) is 10.3 Å². The van der Waals surface area contributed by atoms with E-state index in [1.54, 1.807) is 13.1 Å². The Morgan fingerprint density at radius 3 is 2.75 bits per heavy atom. The monoisotopic (exact) mass is 352 g/mol. The summed E-state index contributed by atoms with van der Waals surface area (Å²) in [6.07, 6.45) is 2.86. The Morgan fingerprint density at radius 1 is 1.38 bits per heavy atom. The van der Waals surface area contributed by atoms with Crippen LogP contribution in [0.15, 0.2) is 40.2 Å². The summed E-state index contributed by atoms with van der Waals surface area (Å²) in [6, 6.07) is 4.06. The molecule has 4 N–H and O–H groups in total. The van der Waals surface area contributed by atoms with Crippen LogP contribution < -0.4 is 11.5 Å². The van der Waals surface area contributed by atoms with Gasteiger partial charge in [0.25, 0.3) is 0 Å². The van der Waals surface area contributed by atoms with Gasteiger partial charge in [0, 0.05) is 17.2 Å². The molecule has 0 radical (unpaired) electrons. The molecule has 2 heterocycles. The van der Waals surface area contributed by atoms with Gasteiger partial charge in [-0.25, -0.2) is 18.8 Å². The molecule has 1 aromatic heterocycles. The van der Waals surface area contributed by atoms with Crippen LogP contribution in [0, 0.1) is 11.7 Å². The van der Waals surface area contributed by atoms with Gasteiger partial charge in [0.05, 0.1) is 10.9 Å². The predicted octanol–water partition coefficient (Wildman–Crippen LogP) is 3.17. The summed E-state index contributed by atoms with van der Waals surface area (Å²) in [5.74, 6) is -0.520. The van der Waals surface area contributed by atoms with Gasteiger partial charge in [-0.05, 0) is 25.1 Å². The number of amidine groups is 1. The molecule has 8 heteroatoms. The summed E-state index contributed by atoms with van der Waals surface area (Å²) in [6.45, 7) is 2.74. The second kappa shape index (κ2) is 5.77. The molecule has 0 saturated heterocycles. The van der Waals surface area contributed by atoms with Crippen LogP contribution in [0.2, 0.25) is 0 Å². The van der Waals surface area contributed by atoms with Crippen molar-refractivity contribution in [3.05, 3.63) is 47.9 Å². The Kier molecular flexibility index (Phi) is 4.03. The van der Waals surface area contributed by atoms with Crippen LogP contribution in [0.5, 0.6) is 0 Å². The van der Waals surface area contributed by atoms with E-state index < -0.39 is 28.7 Å². The number of hydrogen-bond donors (Lipinski definition) is 2. The molecule has 0 fully saturated rings. The highest BCUT2D eigenvalue weighted by Gasteiger charge is 2.55. The van der Waals surface area contributed by atoms with E-state index in [0.29, 0.717) is 11.4 Å². The quantitative estimate of drug-likeness (QED) is 0.828. The second-order valence-corrected chi connectivity index (χ2v) is 7.51. The zero-order valence-corrected chi connectivity index (χ0v) is 14.1. The number of nitrogens with zero attached hydrogens (tertiary/aromatic N) is 2. The Hall–Kier alpha value is -2.09. The molecule has 0 amide bonds. The SMILES string of the molecule is C[C@H]1[C@@](CF)(c2cc(N)ccc2F)N=C(N)S[C@]1(C)c1cnco1. The highest BCUT2D eigenvalue weighted by Crippen LogP contribution is 2.55. The average Bonchev–Trinajstić information content (AvgIpc) is 3.08. The van der Waals surface area contributed by atoms with Gasteiger partial charge in [-0.15, -0.1) is 0 Å². The highest BCUT2D eigenvalue weighted by atomic mass is 32.2. The molecule has 2 aromatic rings. The van der Waals surface area contributed by atoms with E-state index >= 15 is 0 Å². The molecular weight excluding hydrogens is 334 g/mol.